The number of benzene rings is 1. The summed E-state index contributed by atoms with van der Waals surface area (Å²) in [6.07, 6.45) is 8.60. The molecule has 1 saturated heterocycles. The average molecular weight is 421 g/mol. The molecule has 152 valence electrons. The summed E-state index contributed by atoms with van der Waals surface area (Å²) in [5.41, 5.74) is 3.60. The summed E-state index contributed by atoms with van der Waals surface area (Å²) in [7, 11) is 0. The number of ether oxygens (including phenoxy) is 1. The number of fused-ring (bicyclic) bond motifs is 2. The van der Waals surface area contributed by atoms with E-state index < -0.39 is 11.7 Å². The highest BCUT2D eigenvalue weighted by molar-refractivity contribution is 6.30. The van der Waals surface area contributed by atoms with Gasteiger partial charge in [-0.25, -0.2) is 14.6 Å². The van der Waals surface area contributed by atoms with Crippen molar-refractivity contribution < 1.29 is 4.74 Å². The van der Waals surface area contributed by atoms with Gasteiger partial charge in [-0.3, -0.25) is 4.90 Å². The molecule has 1 unspecified atom stereocenters. The molecule has 1 spiro atoms. The van der Waals surface area contributed by atoms with Crippen LogP contribution in [0.4, 0.5) is 0 Å². The number of nitrogens with zero attached hydrogens (tertiary/aromatic N) is 6. The van der Waals surface area contributed by atoms with Gasteiger partial charge in [-0.05, 0) is 37.5 Å². The van der Waals surface area contributed by atoms with Crippen LogP contribution in [0.15, 0.2) is 43.0 Å². The highest BCUT2D eigenvalue weighted by atomic mass is 35.5. The van der Waals surface area contributed by atoms with E-state index in [2.05, 4.69) is 26.0 Å². The fourth-order valence-electron chi connectivity index (χ4n) is 4.40. The van der Waals surface area contributed by atoms with Gasteiger partial charge in [-0.15, -0.1) is 0 Å². The predicted octanol–water partition coefficient (Wildman–Crippen LogP) is 3.71. The Morgan fingerprint density at radius 3 is 2.73 bits per heavy atom. The van der Waals surface area contributed by atoms with Crippen molar-refractivity contribution in [2.45, 2.75) is 38.0 Å². The molecule has 4 heterocycles. The van der Waals surface area contributed by atoms with E-state index >= 15 is 0 Å². The lowest BCUT2D eigenvalue weighted by Gasteiger charge is -2.39. The summed E-state index contributed by atoms with van der Waals surface area (Å²) < 4.78 is 8.06. The Balaban J connectivity index is 1.28. The van der Waals surface area contributed by atoms with Crippen LogP contribution in [0.3, 0.4) is 0 Å². The molecule has 1 aromatic carbocycles. The number of halogens is 1. The highest BCUT2D eigenvalue weighted by Crippen LogP contribution is 2.49. The quantitative estimate of drug-likeness (QED) is 0.642. The molecule has 7 nitrogen and oxygen atoms in total. The number of hydrogen-bond acceptors (Lipinski definition) is 6. The SMILES string of the molecule is Cc1ncc(-n2cc(CN3CCC4(CC3)OC(C#N)c3ccc(Cl)cc34)cn2)cn1. The Morgan fingerprint density at radius 2 is 2.00 bits per heavy atom. The monoisotopic (exact) mass is 420 g/mol. The van der Waals surface area contributed by atoms with Crippen molar-refractivity contribution >= 4 is 11.6 Å². The van der Waals surface area contributed by atoms with Crippen LogP contribution in [0.2, 0.25) is 5.02 Å². The molecule has 0 radical (unpaired) electrons. The predicted molar refractivity (Wildman–Crippen MR) is 111 cm³/mol. The maximum absolute atomic E-state index is 9.52. The third-order valence-electron chi connectivity index (χ3n) is 5.99. The molecule has 3 aromatic rings. The van der Waals surface area contributed by atoms with Gasteiger partial charge in [0.25, 0.3) is 0 Å². The van der Waals surface area contributed by atoms with Crippen LogP contribution in [0.25, 0.3) is 5.69 Å². The molecule has 0 bridgehead atoms. The zero-order chi connectivity index (χ0) is 20.7. The number of rotatable bonds is 3. The minimum Gasteiger partial charge on any atom is -0.347 e. The number of hydrogen-bond donors (Lipinski definition) is 0. The molecule has 0 saturated carbocycles. The van der Waals surface area contributed by atoms with Crippen LogP contribution in [0.1, 0.15) is 41.5 Å². The van der Waals surface area contributed by atoms with Gasteiger partial charge < -0.3 is 4.74 Å². The average Bonchev–Trinajstić information content (AvgIpc) is 3.33. The maximum atomic E-state index is 9.52. The smallest absolute Gasteiger partial charge is 0.170 e. The standard InChI is InChI=1S/C22H21ClN6O/c1-15-25-11-18(12-26-15)29-14-16(10-27-29)13-28-6-4-22(5-7-28)20-8-17(23)2-3-19(20)21(9-24)30-22/h2-3,8,10-12,14,21H,4-7,13H2,1H3. The van der Waals surface area contributed by atoms with Crippen LogP contribution in [-0.4, -0.2) is 37.7 Å². The van der Waals surface area contributed by atoms with Gasteiger partial charge in [0.1, 0.15) is 11.5 Å². The molecule has 2 aliphatic heterocycles. The molecule has 0 amide bonds. The fraction of sp³-hybridized carbons (Fsp3) is 0.364. The lowest BCUT2D eigenvalue weighted by atomic mass is 9.83. The number of aryl methyl sites for hydroxylation is 1. The maximum Gasteiger partial charge on any atom is 0.170 e. The van der Waals surface area contributed by atoms with Gasteiger partial charge >= 0.3 is 0 Å². The Hall–Kier alpha value is -2.79. The van der Waals surface area contributed by atoms with Crippen LogP contribution in [0.5, 0.6) is 0 Å². The minimum atomic E-state index is -0.515. The van der Waals surface area contributed by atoms with Gasteiger partial charge in [0.15, 0.2) is 6.10 Å². The van der Waals surface area contributed by atoms with E-state index in [1.807, 2.05) is 37.5 Å². The van der Waals surface area contributed by atoms with Crippen molar-refractivity contribution in [1.82, 2.24) is 24.6 Å². The topological polar surface area (TPSA) is 79.9 Å². The second kappa shape index (κ2) is 7.47. The summed E-state index contributed by atoms with van der Waals surface area (Å²) in [6, 6.07) is 8.01. The Morgan fingerprint density at radius 1 is 1.23 bits per heavy atom. The first-order valence-corrected chi connectivity index (χ1v) is 10.4. The van der Waals surface area contributed by atoms with Crippen LogP contribution < -0.4 is 0 Å². The van der Waals surface area contributed by atoms with Gasteiger partial charge in [0.2, 0.25) is 0 Å². The van der Waals surface area contributed by atoms with Crippen molar-refractivity contribution in [3.05, 3.63) is 70.5 Å². The van der Waals surface area contributed by atoms with Gasteiger partial charge in [-0.2, -0.15) is 10.4 Å². The molecule has 2 aliphatic rings. The van der Waals surface area contributed by atoms with Crippen molar-refractivity contribution in [1.29, 1.82) is 5.26 Å². The third kappa shape index (κ3) is 3.37. The number of piperidine rings is 1. The van der Waals surface area contributed by atoms with Crippen molar-refractivity contribution in [3.63, 3.8) is 0 Å². The van der Waals surface area contributed by atoms with E-state index in [4.69, 9.17) is 16.3 Å². The molecular weight excluding hydrogens is 400 g/mol. The number of likely N-dealkylation sites (tertiary alicyclic amines) is 1. The molecule has 8 heteroatoms. The lowest BCUT2D eigenvalue weighted by Crippen LogP contribution is -2.42. The van der Waals surface area contributed by atoms with Crippen LogP contribution >= 0.6 is 11.6 Å². The molecule has 30 heavy (non-hydrogen) atoms. The third-order valence-corrected chi connectivity index (χ3v) is 6.22. The van der Waals surface area contributed by atoms with Gasteiger partial charge in [-0.1, -0.05) is 17.7 Å². The van der Waals surface area contributed by atoms with E-state index in [0.29, 0.717) is 5.02 Å². The van der Waals surface area contributed by atoms with Gasteiger partial charge in [0, 0.05) is 42.0 Å². The summed E-state index contributed by atoms with van der Waals surface area (Å²) >= 11 is 6.25. The summed E-state index contributed by atoms with van der Waals surface area (Å²) in [6.45, 7) is 4.43. The molecular formula is C22H21ClN6O. The zero-order valence-electron chi connectivity index (χ0n) is 16.6. The normalized spacial score (nSPS) is 20.2. The highest BCUT2D eigenvalue weighted by Gasteiger charge is 2.47. The van der Waals surface area contributed by atoms with E-state index in [1.54, 1.807) is 17.1 Å². The fourth-order valence-corrected chi connectivity index (χ4v) is 4.58. The van der Waals surface area contributed by atoms with E-state index in [1.165, 1.54) is 0 Å². The van der Waals surface area contributed by atoms with E-state index in [0.717, 1.165) is 60.7 Å². The second-order valence-electron chi connectivity index (χ2n) is 7.91. The molecule has 0 N–H and O–H groups in total. The number of aromatic nitrogens is 4. The van der Waals surface area contributed by atoms with Crippen molar-refractivity contribution in [2.24, 2.45) is 0 Å². The van der Waals surface area contributed by atoms with Gasteiger partial charge in [0.05, 0.1) is 30.3 Å². The Bertz CT molecular complexity index is 1110. The summed E-state index contributed by atoms with van der Waals surface area (Å²) in [5.74, 6) is 0.740. The van der Waals surface area contributed by atoms with Crippen molar-refractivity contribution in [3.8, 4) is 11.8 Å². The number of nitriles is 1. The minimum absolute atomic E-state index is 0.416. The molecule has 1 atom stereocenters. The van der Waals surface area contributed by atoms with Crippen LogP contribution in [0, 0.1) is 18.3 Å². The van der Waals surface area contributed by atoms with Crippen molar-refractivity contribution in [2.75, 3.05) is 13.1 Å². The molecule has 5 rings (SSSR count). The Kier molecular flexibility index (Phi) is 4.78. The second-order valence-corrected chi connectivity index (χ2v) is 8.35. The first-order valence-electron chi connectivity index (χ1n) is 9.99. The van der Waals surface area contributed by atoms with Crippen LogP contribution in [-0.2, 0) is 16.9 Å². The first kappa shape index (κ1) is 19.2. The van der Waals surface area contributed by atoms with E-state index in [-0.39, 0.29) is 0 Å². The molecule has 0 aliphatic carbocycles. The first-order chi connectivity index (χ1) is 14.6. The largest absolute Gasteiger partial charge is 0.347 e. The molecule has 2 aromatic heterocycles. The molecule has 1 fully saturated rings. The van der Waals surface area contributed by atoms with E-state index in [9.17, 15) is 5.26 Å². The Labute approximate surface area is 179 Å². The lowest BCUT2D eigenvalue weighted by molar-refractivity contribution is -0.0933. The summed E-state index contributed by atoms with van der Waals surface area (Å²) in [4.78, 5) is 10.9. The zero-order valence-corrected chi connectivity index (χ0v) is 17.4. The summed E-state index contributed by atoms with van der Waals surface area (Å²) in [5, 5.41) is 14.7.